The second-order valence-corrected chi connectivity index (χ2v) is 12.5. The van der Waals surface area contributed by atoms with Crippen LogP contribution in [0.5, 0.6) is 0 Å². The van der Waals surface area contributed by atoms with Gasteiger partial charge in [0.05, 0.1) is 0 Å². The number of primary amides is 1. The summed E-state index contributed by atoms with van der Waals surface area (Å²) >= 11 is 2.25. The highest BCUT2D eigenvalue weighted by molar-refractivity contribution is 14.1. The van der Waals surface area contributed by atoms with Crippen LogP contribution in [0, 0.1) is 17.8 Å². The van der Waals surface area contributed by atoms with Crippen molar-refractivity contribution in [2.24, 2.45) is 23.5 Å². The Kier molecular flexibility index (Phi) is 16.1. The number of urea groups is 1. The van der Waals surface area contributed by atoms with Gasteiger partial charge in [0.25, 0.3) is 0 Å². The zero-order valence-electron chi connectivity index (χ0n) is 25.8. The van der Waals surface area contributed by atoms with Gasteiger partial charge in [0.1, 0.15) is 12.1 Å². The highest BCUT2D eigenvalue weighted by Gasteiger charge is 2.30. The van der Waals surface area contributed by atoms with Crippen LogP contribution in [0.1, 0.15) is 77.7 Å². The molecule has 0 saturated carbocycles. The first-order chi connectivity index (χ1) is 20.9. The number of halogens is 1. The molecule has 1 aliphatic carbocycles. The maximum Gasteiger partial charge on any atom is 0.312 e. The first-order valence-electron chi connectivity index (χ1n) is 15.2. The van der Waals surface area contributed by atoms with E-state index in [0.717, 1.165) is 29.3 Å². The van der Waals surface area contributed by atoms with E-state index in [4.69, 9.17) is 5.73 Å². The van der Waals surface area contributed by atoms with Crippen molar-refractivity contribution in [3.8, 4) is 0 Å². The molecule has 11 nitrogen and oxygen atoms in total. The van der Waals surface area contributed by atoms with Crippen LogP contribution < -0.4 is 27.0 Å². The molecule has 0 fully saturated rings. The number of benzene rings is 1. The van der Waals surface area contributed by atoms with Gasteiger partial charge in [-0.3, -0.25) is 24.0 Å². The summed E-state index contributed by atoms with van der Waals surface area (Å²) in [5.41, 5.74) is 6.84. The van der Waals surface area contributed by atoms with E-state index in [0.29, 0.717) is 18.5 Å². The maximum absolute atomic E-state index is 13.3. The van der Waals surface area contributed by atoms with Crippen molar-refractivity contribution < 1.29 is 28.8 Å². The fourth-order valence-electron chi connectivity index (χ4n) is 5.03. The second kappa shape index (κ2) is 19.2. The molecule has 0 radical (unpaired) electrons. The molecule has 12 heteroatoms. The van der Waals surface area contributed by atoms with Gasteiger partial charge in [0.15, 0.2) is 11.6 Å². The molecule has 44 heavy (non-hydrogen) atoms. The predicted octanol–water partition coefficient (Wildman–Crippen LogP) is 3.94. The second-order valence-electron chi connectivity index (χ2n) is 11.7. The number of carbonyl (C=O) groups is 6. The van der Waals surface area contributed by atoms with Gasteiger partial charge in [-0.25, -0.2) is 4.79 Å². The molecule has 0 aromatic heterocycles. The molecule has 0 saturated heterocycles. The first kappa shape index (κ1) is 36.9. The Labute approximate surface area is 273 Å². The van der Waals surface area contributed by atoms with Crippen molar-refractivity contribution in [1.82, 2.24) is 16.0 Å². The summed E-state index contributed by atoms with van der Waals surface area (Å²) in [6.45, 7) is 5.86. The van der Waals surface area contributed by atoms with E-state index in [1.165, 1.54) is 12.2 Å². The number of anilines is 1. The monoisotopic (exact) mass is 723 g/mol. The minimum Gasteiger partial charge on any atom is -0.352 e. The smallest absolute Gasteiger partial charge is 0.312 e. The van der Waals surface area contributed by atoms with E-state index < -0.39 is 29.9 Å². The van der Waals surface area contributed by atoms with Crippen molar-refractivity contribution in [2.75, 3.05) is 11.9 Å². The first-order valence-corrected chi connectivity index (χ1v) is 16.8. The fraction of sp³-hybridized carbons (Fsp3) is 0.562. The zero-order valence-corrected chi connectivity index (χ0v) is 28.0. The molecular formula is C32H46IN5O6. The van der Waals surface area contributed by atoms with E-state index in [1.807, 2.05) is 32.9 Å². The number of amides is 5. The maximum atomic E-state index is 13.3. The zero-order chi connectivity index (χ0) is 32.6. The fourth-order valence-corrected chi connectivity index (χ4v) is 5.54. The van der Waals surface area contributed by atoms with Gasteiger partial charge >= 0.3 is 6.03 Å². The quantitative estimate of drug-likeness (QED) is 0.0871. The molecule has 1 aliphatic rings. The van der Waals surface area contributed by atoms with Gasteiger partial charge in [-0.2, -0.15) is 0 Å². The number of nitrogens with two attached hydrogens (primary N) is 1. The minimum absolute atomic E-state index is 0.00175. The number of ketones is 2. The van der Waals surface area contributed by atoms with E-state index in [-0.39, 0.29) is 61.0 Å². The minimum atomic E-state index is -0.900. The number of allylic oxidation sites excluding steroid dienone is 2. The van der Waals surface area contributed by atoms with Crippen LogP contribution in [-0.4, -0.2) is 53.9 Å². The summed E-state index contributed by atoms with van der Waals surface area (Å²) in [6, 6.07) is 5.01. The number of nitrogens with one attached hydrogen (secondary N) is 4. The largest absolute Gasteiger partial charge is 0.352 e. The Morgan fingerprint density at radius 1 is 0.909 bits per heavy atom. The van der Waals surface area contributed by atoms with Gasteiger partial charge < -0.3 is 27.0 Å². The molecule has 6 N–H and O–H groups in total. The number of carbonyl (C=O) groups excluding carboxylic acids is 6. The van der Waals surface area contributed by atoms with E-state index in [1.54, 1.807) is 12.1 Å². The Morgan fingerprint density at radius 3 is 2.25 bits per heavy atom. The third-order valence-electron chi connectivity index (χ3n) is 7.71. The van der Waals surface area contributed by atoms with Gasteiger partial charge in [0.2, 0.25) is 17.7 Å². The lowest BCUT2D eigenvalue weighted by Gasteiger charge is -2.25. The van der Waals surface area contributed by atoms with E-state index in [2.05, 4.69) is 43.9 Å². The normalized spacial score (nSPS) is 16.6. The van der Waals surface area contributed by atoms with Crippen molar-refractivity contribution in [2.45, 2.75) is 88.6 Å². The molecule has 1 aromatic carbocycles. The molecular weight excluding hydrogens is 677 g/mol. The summed E-state index contributed by atoms with van der Waals surface area (Å²) < 4.78 is 0.836. The number of rotatable bonds is 18. The van der Waals surface area contributed by atoms with Crippen LogP contribution in [0.3, 0.4) is 0 Å². The molecule has 0 heterocycles. The lowest BCUT2D eigenvalue weighted by Crippen LogP contribution is -2.54. The summed E-state index contributed by atoms with van der Waals surface area (Å²) in [6.07, 6.45) is 6.88. The average molecular weight is 724 g/mol. The molecule has 242 valence electrons. The Balaban J connectivity index is 1.89. The van der Waals surface area contributed by atoms with E-state index in [9.17, 15) is 28.8 Å². The summed E-state index contributed by atoms with van der Waals surface area (Å²) in [5, 5.41) is 10.9. The van der Waals surface area contributed by atoms with Gasteiger partial charge in [-0.15, -0.1) is 0 Å². The highest BCUT2D eigenvalue weighted by atomic mass is 127. The van der Waals surface area contributed by atoms with E-state index >= 15 is 0 Å². The lowest BCUT2D eigenvalue weighted by atomic mass is 9.80. The van der Waals surface area contributed by atoms with Crippen molar-refractivity contribution in [3.63, 3.8) is 0 Å². The van der Waals surface area contributed by atoms with Crippen molar-refractivity contribution >= 4 is 63.6 Å². The predicted molar refractivity (Wildman–Crippen MR) is 178 cm³/mol. The Bertz CT molecular complexity index is 1190. The molecule has 0 spiro atoms. The van der Waals surface area contributed by atoms with Crippen molar-refractivity contribution in [1.29, 1.82) is 0 Å². The number of hydrogen-bond donors (Lipinski definition) is 5. The Morgan fingerprint density at radius 2 is 1.61 bits per heavy atom. The molecule has 4 atom stereocenters. The topological polar surface area (TPSA) is 177 Å². The third-order valence-corrected chi connectivity index (χ3v) is 8.59. The number of hydrogen-bond acceptors (Lipinski definition) is 6. The Hall–Kier alpha value is -3.29. The summed E-state index contributed by atoms with van der Waals surface area (Å²) in [4.78, 5) is 74.1. The molecule has 0 aliphatic heterocycles. The van der Waals surface area contributed by atoms with Gasteiger partial charge in [0, 0.05) is 35.4 Å². The van der Waals surface area contributed by atoms with Crippen LogP contribution in [-0.2, 0) is 28.4 Å². The summed E-state index contributed by atoms with van der Waals surface area (Å²) in [7, 11) is 0. The average Bonchev–Trinajstić information content (AvgIpc) is 2.98. The van der Waals surface area contributed by atoms with Crippen LogP contribution in [0.4, 0.5) is 10.5 Å². The van der Waals surface area contributed by atoms with Crippen LogP contribution in [0.2, 0.25) is 0 Å². The summed E-state index contributed by atoms with van der Waals surface area (Å²) in [5.74, 6) is -1.56. The lowest BCUT2D eigenvalue weighted by molar-refractivity contribution is -0.132. The standard InChI is InChI=1S/C32H46IN5O6/c1-20(2)29(38-28(41)10-6-4-5-8-21(3)25-18-24(39)15-16-27(25)40)31(43)37-26(9-7-17-35-32(34)44)30(42)36-23-13-11-22(19-33)12-14-23/h11-16,20-21,25-26,29H,4-10,17-19H2,1-3H3,(H,36,42)(H,37,43)(H,38,41)(H3,34,35,44)/t21?,25?,26-,29-/m0/s1. The highest BCUT2D eigenvalue weighted by Crippen LogP contribution is 2.26. The van der Waals surface area contributed by atoms with Crippen LogP contribution in [0.15, 0.2) is 36.4 Å². The SMILES string of the molecule is CC(CCCCCC(=O)N[C@H](C(=O)N[C@@H](CCCNC(N)=O)C(=O)Nc1ccc(CI)cc1)C(C)C)C1CC(=O)C=CC1=O. The van der Waals surface area contributed by atoms with Gasteiger partial charge in [-0.05, 0) is 67.4 Å². The van der Waals surface area contributed by atoms with Crippen molar-refractivity contribution in [3.05, 3.63) is 42.0 Å². The van der Waals surface area contributed by atoms with Crippen LogP contribution in [0.25, 0.3) is 0 Å². The number of unbranched alkanes of at least 4 members (excludes halogenated alkanes) is 2. The molecule has 0 bridgehead atoms. The molecule has 2 unspecified atom stereocenters. The van der Waals surface area contributed by atoms with Crippen LogP contribution >= 0.6 is 22.6 Å². The third kappa shape index (κ3) is 13.1. The molecule has 2 rings (SSSR count). The molecule has 1 aromatic rings. The molecule has 5 amide bonds. The number of alkyl halides is 1. The van der Waals surface area contributed by atoms with Gasteiger partial charge in [-0.1, -0.05) is 68.3 Å².